The van der Waals surface area contributed by atoms with Crippen LogP contribution in [0, 0.1) is 5.82 Å². The third-order valence-corrected chi connectivity index (χ3v) is 4.49. The van der Waals surface area contributed by atoms with Crippen LogP contribution < -0.4 is 21.4 Å². The molecule has 1 heterocycles. The van der Waals surface area contributed by atoms with E-state index in [9.17, 15) is 18.8 Å². The van der Waals surface area contributed by atoms with Crippen LogP contribution in [0.2, 0.25) is 0 Å². The van der Waals surface area contributed by atoms with E-state index >= 15 is 0 Å². The van der Waals surface area contributed by atoms with E-state index in [1.807, 2.05) is 0 Å². The number of benzene rings is 1. The number of halogens is 1. The van der Waals surface area contributed by atoms with Gasteiger partial charge in [-0.2, -0.15) is 10.2 Å². The molecule has 1 N–H and O–H groups in total. The van der Waals surface area contributed by atoms with Gasteiger partial charge in [0.05, 0.1) is 18.6 Å². The topological polar surface area (TPSA) is 108 Å². The largest absolute Gasteiger partial charge is 0.494 e. The molecular formula is C16H18FN5O4S. The molecule has 0 unspecified atom stereocenters. The number of aromatic nitrogens is 3. The Morgan fingerprint density at radius 3 is 2.70 bits per heavy atom. The summed E-state index contributed by atoms with van der Waals surface area (Å²) in [6, 6.07) is 4.32. The average Bonchev–Trinajstić information content (AvgIpc) is 2.66. The fourth-order valence-electron chi connectivity index (χ4n) is 2.03. The van der Waals surface area contributed by atoms with Gasteiger partial charge in [-0.05, 0) is 25.1 Å². The molecule has 0 bridgehead atoms. The van der Waals surface area contributed by atoms with Crippen LogP contribution in [0.5, 0.6) is 5.75 Å². The first kappa shape index (κ1) is 20.4. The number of hydrazone groups is 1. The minimum atomic E-state index is -0.579. The number of methoxy groups -OCH3 is 1. The highest BCUT2D eigenvalue weighted by molar-refractivity contribution is 7.99. The number of carbonyl (C=O) groups is 1. The Balaban J connectivity index is 2.02. The standard InChI is InChI=1S/C16H18FN5O4S/c1-9(10-5-6-12(26-4)11(17)7-10)18-19-13(23)8-27-14-15(24)21(2)16(25)22(3)20-14/h5-7H,8H2,1-4H3,(H,19,23)/b18-9-. The number of hydrogen-bond donors (Lipinski definition) is 1. The molecule has 0 fully saturated rings. The zero-order valence-corrected chi connectivity index (χ0v) is 16.0. The number of carbonyl (C=O) groups excluding carboxylic acids is 1. The summed E-state index contributed by atoms with van der Waals surface area (Å²) in [4.78, 5) is 35.5. The number of nitrogens with one attached hydrogen (secondary N) is 1. The summed E-state index contributed by atoms with van der Waals surface area (Å²) in [6.07, 6.45) is 0. The van der Waals surface area contributed by atoms with Gasteiger partial charge in [-0.15, -0.1) is 0 Å². The van der Waals surface area contributed by atoms with Crippen LogP contribution in [-0.2, 0) is 18.9 Å². The second-order valence-electron chi connectivity index (χ2n) is 5.45. The van der Waals surface area contributed by atoms with Gasteiger partial charge in [0.25, 0.3) is 5.56 Å². The Morgan fingerprint density at radius 1 is 1.37 bits per heavy atom. The minimum absolute atomic E-state index is 0.0210. The van der Waals surface area contributed by atoms with E-state index < -0.39 is 23.0 Å². The number of hydrogen-bond acceptors (Lipinski definition) is 7. The molecule has 1 aromatic heterocycles. The molecule has 0 atom stereocenters. The van der Waals surface area contributed by atoms with Gasteiger partial charge in [0.15, 0.2) is 16.6 Å². The first-order chi connectivity index (χ1) is 12.7. The Hall–Kier alpha value is -2.95. The summed E-state index contributed by atoms with van der Waals surface area (Å²) in [5.41, 5.74) is 2.07. The van der Waals surface area contributed by atoms with Crippen molar-refractivity contribution in [2.75, 3.05) is 12.9 Å². The minimum Gasteiger partial charge on any atom is -0.494 e. The van der Waals surface area contributed by atoms with Crippen LogP contribution in [-0.4, -0.2) is 38.8 Å². The maximum Gasteiger partial charge on any atom is 0.346 e. The lowest BCUT2D eigenvalue weighted by molar-refractivity contribution is -0.118. The van der Waals surface area contributed by atoms with E-state index in [0.717, 1.165) is 21.0 Å². The first-order valence-corrected chi connectivity index (χ1v) is 8.67. The highest BCUT2D eigenvalue weighted by Gasteiger charge is 2.12. The van der Waals surface area contributed by atoms with E-state index in [4.69, 9.17) is 4.74 Å². The molecule has 1 aromatic carbocycles. The van der Waals surface area contributed by atoms with Gasteiger partial charge < -0.3 is 4.74 Å². The van der Waals surface area contributed by atoms with Crippen molar-refractivity contribution < 1.29 is 13.9 Å². The van der Waals surface area contributed by atoms with Crippen LogP contribution in [0.4, 0.5) is 4.39 Å². The van der Waals surface area contributed by atoms with Gasteiger partial charge in [-0.1, -0.05) is 11.8 Å². The lowest BCUT2D eigenvalue weighted by atomic mass is 10.1. The van der Waals surface area contributed by atoms with Gasteiger partial charge >= 0.3 is 5.69 Å². The van der Waals surface area contributed by atoms with Crippen LogP contribution in [0.25, 0.3) is 0 Å². The molecule has 11 heteroatoms. The number of ether oxygens (including phenoxy) is 1. The molecule has 0 saturated carbocycles. The number of amides is 1. The highest BCUT2D eigenvalue weighted by Crippen LogP contribution is 2.18. The zero-order chi connectivity index (χ0) is 20.1. The number of thioether (sulfide) groups is 1. The average molecular weight is 395 g/mol. The summed E-state index contributed by atoms with van der Waals surface area (Å²) in [5.74, 6) is -1.04. The molecule has 0 aliphatic heterocycles. The zero-order valence-electron chi connectivity index (χ0n) is 15.1. The van der Waals surface area contributed by atoms with Crippen LogP contribution in [0.1, 0.15) is 12.5 Å². The Bertz CT molecular complexity index is 1010. The predicted octanol–water partition coefficient (Wildman–Crippen LogP) is 0.259. The summed E-state index contributed by atoms with van der Waals surface area (Å²) in [5, 5.41) is 7.77. The lowest BCUT2D eigenvalue weighted by Crippen LogP contribution is -2.39. The van der Waals surface area contributed by atoms with Gasteiger partial charge in [0.2, 0.25) is 5.91 Å². The number of rotatable bonds is 6. The first-order valence-electron chi connectivity index (χ1n) is 7.68. The maximum atomic E-state index is 13.7. The van der Waals surface area contributed by atoms with Crippen molar-refractivity contribution in [1.29, 1.82) is 0 Å². The van der Waals surface area contributed by atoms with Gasteiger partial charge in [-0.25, -0.2) is 19.3 Å². The van der Waals surface area contributed by atoms with Crippen LogP contribution >= 0.6 is 11.8 Å². The third-order valence-electron chi connectivity index (χ3n) is 3.55. The van der Waals surface area contributed by atoms with Crippen molar-refractivity contribution in [2.45, 2.75) is 11.9 Å². The Labute approximate surface area is 157 Å². The van der Waals surface area contributed by atoms with E-state index in [0.29, 0.717) is 11.3 Å². The third kappa shape index (κ3) is 4.82. The molecule has 144 valence electrons. The number of aryl methyl sites for hydroxylation is 1. The molecule has 2 rings (SSSR count). The molecule has 27 heavy (non-hydrogen) atoms. The molecule has 1 amide bonds. The Morgan fingerprint density at radius 2 is 2.07 bits per heavy atom. The van der Waals surface area contributed by atoms with Crippen molar-refractivity contribution in [2.24, 2.45) is 19.2 Å². The van der Waals surface area contributed by atoms with Gasteiger partial charge in [0.1, 0.15) is 0 Å². The van der Waals surface area contributed by atoms with E-state index in [-0.39, 0.29) is 16.5 Å². The SMILES string of the molecule is COc1ccc(/C(C)=N\NC(=O)CSc2nn(C)c(=O)n(C)c2=O)cc1F. The van der Waals surface area contributed by atoms with Gasteiger partial charge in [0, 0.05) is 19.7 Å². The fraction of sp³-hybridized carbons (Fsp3) is 0.312. The molecule has 0 aliphatic rings. The van der Waals surface area contributed by atoms with Crippen molar-refractivity contribution in [3.8, 4) is 5.75 Å². The van der Waals surface area contributed by atoms with Crippen molar-refractivity contribution >= 4 is 23.4 Å². The monoisotopic (exact) mass is 395 g/mol. The van der Waals surface area contributed by atoms with Crippen molar-refractivity contribution in [1.82, 2.24) is 19.8 Å². The van der Waals surface area contributed by atoms with Crippen LogP contribution in [0.15, 0.2) is 37.9 Å². The summed E-state index contributed by atoms with van der Waals surface area (Å²) in [7, 11) is 4.11. The quantitative estimate of drug-likeness (QED) is 0.427. The highest BCUT2D eigenvalue weighted by atomic mass is 32.2. The number of nitrogens with zero attached hydrogens (tertiary/aromatic N) is 4. The molecule has 2 aromatic rings. The van der Waals surface area contributed by atoms with E-state index in [1.165, 1.54) is 33.3 Å². The molecular weight excluding hydrogens is 377 g/mol. The molecule has 0 spiro atoms. The van der Waals surface area contributed by atoms with E-state index in [2.05, 4.69) is 15.6 Å². The van der Waals surface area contributed by atoms with Crippen molar-refractivity contribution in [3.63, 3.8) is 0 Å². The predicted molar refractivity (Wildman–Crippen MR) is 98.7 cm³/mol. The normalized spacial score (nSPS) is 11.4. The fourth-order valence-corrected chi connectivity index (χ4v) is 2.80. The van der Waals surface area contributed by atoms with E-state index in [1.54, 1.807) is 13.0 Å². The maximum absolute atomic E-state index is 13.7. The second kappa shape index (κ2) is 8.62. The molecule has 0 saturated heterocycles. The molecule has 9 nitrogen and oxygen atoms in total. The smallest absolute Gasteiger partial charge is 0.346 e. The Kier molecular flexibility index (Phi) is 6.50. The summed E-state index contributed by atoms with van der Waals surface area (Å²) >= 11 is 0.885. The molecule has 0 radical (unpaired) electrons. The summed E-state index contributed by atoms with van der Waals surface area (Å²) in [6.45, 7) is 1.61. The van der Waals surface area contributed by atoms with Crippen LogP contribution in [0.3, 0.4) is 0 Å². The lowest BCUT2D eigenvalue weighted by Gasteiger charge is -2.06. The molecule has 0 aliphatic carbocycles. The second-order valence-corrected chi connectivity index (χ2v) is 6.41. The van der Waals surface area contributed by atoms with Gasteiger partial charge in [-0.3, -0.25) is 14.2 Å². The summed E-state index contributed by atoms with van der Waals surface area (Å²) < 4.78 is 20.5. The van der Waals surface area contributed by atoms with Crippen molar-refractivity contribution in [3.05, 3.63) is 50.4 Å².